The fraction of sp³-hybridized carbons (Fsp3) is 0.586. The molecule has 0 unspecified atom stereocenters. The minimum atomic E-state index is -0.707. The number of esters is 1. The minimum absolute atomic E-state index is 0.109. The van der Waals surface area contributed by atoms with Crippen molar-refractivity contribution in [1.82, 2.24) is 20.0 Å². The first kappa shape index (κ1) is 27.9. The summed E-state index contributed by atoms with van der Waals surface area (Å²) >= 11 is 0. The van der Waals surface area contributed by atoms with Gasteiger partial charge in [-0.1, -0.05) is 11.6 Å². The van der Waals surface area contributed by atoms with Crippen LogP contribution in [-0.2, 0) is 26.2 Å². The van der Waals surface area contributed by atoms with Crippen LogP contribution in [0, 0.1) is 5.41 Å². The molecule has 2 N–H and O–H groups in total. The first-order valence-electron chi connectivity index (χ1n) is 14.3. The molecule has 2 fully saturated rings. The second kappa shape index (κ2) is 11.9. The van der Waals surface area contributed by atoms with E-state index in [1.165, 1.54) is 12.3 Å². The predicted octanol–water partition coefficient (Wildman–Crippen LogP) is 4.22. The lowest BCUT2D eigenvalue weighted by Gasteiger charge is -2.37. The monoisotopic (exact) mass is 550 g/mol. The second-order valence-corrected chi connectivity index (χ2v) is 10.9. The van der Waals surface area contributed by atoms with Crippen molar-refractivity contribution in [2.24, 2.45) is 0 Å². The Hall–Kier alpha value is -3.60. The summed E-state index contributed by atoms with van der Waals surface area (Å²) in [5.74, 6) is 1.10. The minimum Gasteiger partial charge on any atom is -0.473 e. The van der Waals surface area contributed by atoms with Crippen LogP contribution in [0.3, 0.4) is 0 Å². The third kappa shape index (κ3) is 5.52. The number of likely N-dealkylation sites (N-methyl/N-ethyl adjacent to an activating group) is 1. The first-order valence-corrected chi connectivity index (χ1v) is 14.3. The zero-order valence-corrected chi connectivity index (χ0v) is 23.5. The fourth-order valence-electron chi connectivity index (χ4n) is 6.33. The Balaban J connectivity index is 1.47. The van der Waals surface area contributed by atoms with Crippen molar-refractivity contribution in [2.75, 3.05) is 25.5 Å². The number of carbonyl (C=O) groups excluding carboxylic acids is 2. The quantitative estimate of drug-likeness (QED) is 0.344. The number of ether oxygens (including phenoxy) is 2. The highest BCUT2D eigenvalue weighted by Gasteiger charge is 2.48. The molecule has 1 saturated heterocycles. The molecule has 11 heteroatoms. The van der Waals surface area contributed by atoms with Gasteiger partial charge in [0.15, 0.2) is 0 Å². The fourth-order valence-corrected chi connectivity index (χ4v) is 6.33. The molecule has 1 spiro atoms. The zero-order chi connectivity index (χ0) is 28.3. The van der Waals surface area contributed by atoms with Crippen LogP contribution < -0.4 is 10.1 Å². The number of carbonyl (C=O) groups is 2. The van der Waals surface area contributed by atoms with Gasteiger partial charge in [0.05, 0.1) is 12.0 Å². The summed E-state index contributed by atoms with van der Waals surface area (Å²) in [7, 11) is 2.10. The molecule has 3 atom stereocenters. The van der Waals surface area contributed by atoms with Gasteiger partial charge in [0.25, 0.3) is 0 Å². The predicted molar refractivity (Wildman–Crippen MR) is 148 cm³/mol. The van der Waals surface area contributed by atoms with Gasteiger partial charge in [-0.15, -0.1) is 0 Å². The van der Waals surface area contributed by atoms with Crippen molar-refractivity contribution in [3.8, 4) is 17.5 Å². The van der Waals surface area contributed by atoms with E-state index < -0.39 is 11.4 Å². The van der Waals surface area contributed by atoms with Gasteiger partial charge >= 0.3 is 5.97 Å². The second-order valence-electron chi connectivity index (χ2n) is 10.9. The molecule has 214 valence electrons. The average Bonchev–Trinajstić information content (AvgIpc) is 3.57. The maximum atomic E-state index is 13.1. The number of hydrogen-bond donors (Lipinski definition) is 2. The maximum absolute atomic E-state index is 13.1. The number of fused-ring (bicyclic) bond motifs is 2. The third-order valence-corrected chi connectivity index (χ3v) is 8.37. The topological polar surface area (TPSA) is 144 Å². The summed E-state index contributed by atoms with van der Waals surface area (Å²) < 4.78 is 17.1. The summed E-state index contributed by atoms with van der Waals surface area (Å²) in [4.78, 5) is 36.6. The highest BCUT2D eigenvalue weighted by molar-refractivity contribution is 6.39. The molecular formula is C29H38N6O5. The van der Waals surface area contributed by atoms with Crippen molar-refractivity contribution in [3.05, 3.63) is 29.6 Å². The maximum Gasteiger partial charge on any atom is 0.356 e. The number of Topliss-reactive ketones (excluding diaryl/α,β-unsaturated/α-hetero) is 1. The molecule has 1 saturated carbocycles. The van der Waals surface area contributed by atoms with Crippen LogP contribution in [0.4, 0.5) is 5.82 Å². The molecule has 1 aliphatic heterocycles. The van der Waals surface area contributed by atoms with Gasteiger partial charge in [-0.2, -0.15) is 4.98 Å². The van der Waals surface area contributed by atoms with E-state index in [-0.39, 0.29) is 30.2 Å². The van der Waals surface area contributed by atoms with E-state index in [9.17, 15) is 9.59 Å². The van der Waals surface area contributed by atoms with Crippen LogP contribution in [0.15, 0.2) is 22.9 Å². The highest BCUT2D eigenvalue weighted by atomic mass is 16.5. The molecule has 2 aromatic rings. The summed E-state index contributed by atoms with van der Waals surface area (Å²) in [6, 6.07) is 1.96. The Kier molecular flexibility index (Phi) is 8.30. The van der Waals surface area contributed by atoms with E-state index in [0.29, 0.717) is 29.7 Å². The highest BCUT2D eigenvalue weighted by Crippen LogP contribution is 2.47. The van der Waals surface area contributed by atoms with E-state index in [0.717, 1.165) is 69.2 Å². The molecule has 2 aromatic heterocycles. The van der Waals surface area contributed by atoms with Crippen molar-refractivity contribution < 1.29 is 23.6 Å². The molecule has 0 amide bonds. The number of likely N-dealkylation sites (tertiary alicyclic amines) is 1. The van der Waals surface area contributed by atoms with E-state index in [1.54, 1.807) is 13.0 Å². The van der Waals surface area contributed by atoms with Gasteiger partial charge in [-0.05, 0) is 78.5 Å². The number of aromatic nitrogens is 3. The third-order valence-electron chi connectivity index (χ3n) is 8.37. The summed E-state index contributed by atoms with van der Waals surface area (Å²) in [5, 5.41) is 15.3. The summed E-state index contributed by atoms with van der Waals surface area (Å²) in [6.45, 7) is 4.95. The molecule has 11 nitrogen and oxygen atoms in total. The van der Waals surface area contributed by atoms with Crippen LogP contribution >= 0.6 is 0 Å². The Bertz CT molecular complexity index is 1310. The van der Waals surface area contributed by atoms with Gasteiger partial charge in [0.1, 0.15) is 29.1 Å². The molecule has 40 heavy (non-hydrogen) atoms. The van der Waals surface area contributed by atoms with E-state index in [4.69, 9.17) is 24.4 Å². The van der Waals surface area contributed by atoms with Crippen LogP contribution in [-0.4, -0.2) is 69.8 Å². The zero-order valence-electron chi connectivity index (χ0n) is 23.5. The number of rotatable bonds is 9. The number of anilines is 1. The van der Waals surface area contributed by atoms with E-state index >= 15 is 0 Å². The van der Waals surface area contributed by atoms with Crippen molar-refractivity contribution in [3.63, 3.8) is 0 Å². The van der Waals surface area contributed by atoms with Gasteiger partial charge in [-0.25, -0.2) is 9.78 Å². The average molecular weight is 551 g/mol. The van der Waals surface area contributed by atoms with Crippen molar-refractivity contribution in [1.29, 1.82) is 5.41 Å². The smallest absolute Gasteiger partial charge is 0.356 e. The molecular weight excluding hydrogens is 512 g/mol. The van der Waals surface area contributed by atoms with Gasteiger partial charge < -0.3 is 19.3 Å². The van der Waals surface area contributed by atoms with Crippen molar-refractivity contribution in [2.45, 2.75) is 89.2 Å². The van der Waals surface area contributed by atoms with Crippen LogP contribution in [0.25, 0.3) is 11.6 Å². The first-order chi connectivity index (χ1) is 19.3. The number of nitrogens with one attached hydrogen (secondary N) is 2. The SMILES string of the molecule is CCOC(=O)C(=N)/C=C\Nc1cc(O[C@@H](C)[C@@H]2CCCN2C)nc(-c2onc3c2CCC[C@@]32CCCCC2=O)n1. The Morgan fingerprint density at radius 2 is 2.10 bits per heavy atom. The van der Waals surface area contributed by atoms with Gasteiger partial charge in [-0.3, -0.25) is 15.1 Å². The molecule has 0 bridgehead atoms. The Morgan fingerprint density at radius 3 is 2.85 bits per heavy atom. The lowest BCUT2D eigenvalue weighted by atomic mass is 9.64. The molecule has 2 aliphatic carbocycles. The Morgan fingerprint density at radius 1 is 1.27 bits per heavy atom. The van der Waals surface area contributed by atoms with E-state index in [2.05, 4.69) is 27.4 Å². The van der Waals surface area contributed by atoms with E-state index in [1.807, 2.05) is 6.92 Å². The number of hydrogen-bond acceptors (Lipinski definition) is 11. The molecule has 3 heterocycles. The lowest BCUT2D eigenvalue weighted by molar-refractivity contribution is -0.135. The van der Waals surface area contributed by atoms with Crippen LogP contribution in [0.1, 0.15) is 76.5 Å². The number of nitrogens with zero attached hydrogens (tertiary/aromatic N) is 4. The molecule has 3 aliphatic rings. The summed E-state index contributed by atoms with van der Waals surface area (Å²) in [5.41, 5.74) is 0.782. The Labute approximate surface area is 234 Å². The molecule has 5 rings (SSSR count). The largest absolute Gasteiger partial charge is 0.473 e. The lowest BCUT2D eigenvalue weighted by Crippen LogP contribution is -2.41. The van der Waals surface area contributed by atoms with Crippen LogP contribution in [0.2, 0.25) is 0 Å². The number of ketones is 1. The summed E-state index contributed by atoms with van der Waals surface area (Å²) in [6.07, 6.45) is 10.5. The normalized spacial score (nSPS) is 23.8. The van der Waals surface area contributed by atoms with Crippen molar-refractivity contribution >= 4 is 23.3 Å². The molecule has 0 aromatic carbocycles. The van der Waals surface area contributed by atoms with Gasteiger partial charge in [0.2, 0.25) is 17.5 Å². The van der Waals surface area contributed by atoms with Crippen LogP contribution in [0.5, 0.6) is 5.88 Å². The molecule has 0 radical (unpaired) electrons. The van der Waals surface area contributed by atoms with Gasteiger partial charge in [0, 0.05) is 30.3 Å². The standard InChI is InChI=1S/C29H38N6O5/c1-4-38-28(37)20(30)12-15-31-23-17-24(39-18(2)21-10-8-16-35(21)3)33-27(32-23)25-19-9-7-14-29(26(19)34-40-25)13-6-5-11-22(29)36/h12,15,17-18,21,30H,4-11,13-14,16H2,1-3H3,(H,31,32,33)/b15-12-,30-20?/t18-,21-,29+/m0/s1.